The van der Waals surface area contributed by atoms with Crippen LogP contribution < -0.4 is 41.3 Å². The highest BCUT2D eigenvalue weighted by molar-refractivity contribution is 7.86. The zero-order valence-electron chi connectivity index (χ0n) is 32.6. The molecule has 0 saturated carbocycles. The van der Waals surface area contributed by atoms with Gasteiger partial charge in [0, 0.05) is 21.7 Å². The van der Waals surface area contributed by atoms with Crippen LogP contribution in [0, 0.1) is 27.7 Å². The Morgan fingerprint density at radius 3 is 1.10 bits per heavy atom. The Morgan fingerprint density at radius 2 is 0.724 bits per heavy atom. The van der Waals surface area contributed by atoms with E-state index in [1.807, 2.05) is 167 Å². The minimum atomic E-state index is -3.37. The monoisotopic (exact) mass is 791 g/mol. The van der Waals surface area contributed by atoms with Gasteiger partial charge in [-0.15, -0.1) is 0 Å². The van der Waals surface area contributed by atoms with Crippen molar-refractivity contribution in [1.82, 2.24) is 4.98 Å². The van der Waals surface area contributed by atoms with Crippen LogP contribution in [0.5, 0.6) is 23.0 Å². The molecule has 8 aromatic rings. The quantitative estimate of drug-likeness (QED) is 0.162. The second kappa shape index (κ2) is 13.7. The average Bonchev–Trinajstić information content (AvgIpc) is 3.25. The molecule has 5 nitrogen and oxygen atoms in total. The van der Waals surface area contributed by atoms with Crippen molar-refractivity contribution in [3.05, 3.63) is 186 Å². The summed E-state index contributed by atoms with van der Waals surface area (Å²) in [6.07, 6.45) is 0. The summed E-state index contributed by atoms with van der Waals surface area (Å²) in [5, 5.41) is 4.21. The first-order valence-corrected chi connectivity index (χ1v) is 22.8. The number of nitrogens with zero attached hydrogens (tertiary/aromatic N) is 1. The molecule has 0 saturated heterocycles. The zero-order chi connectivity index (χ0) is 39.8. The van der Waals surface area contributed by atoms with Crippen molar-refractivity contribution in [1.29, 1.82) is 0 Å². The van der Waals surface area contributed by atoms with Crippen molar-refractivity contribution in [2.45, 2.75) is 27.7 Å². The Balaban J connectivity index is 1.15. The molecule has 0 radical (unpaired) electrons. The fourth-order valence-corrected chi connectivity index (χ4v) is 14.4. The molecule has 0 bridgehead atoms. The van der Waals surface area contributed by atoms with Crippen LogP contribution in [0.3, 0.4) is 0 Å². The third-order valence-electron chi connectivity index (χ3n) is 11.2. The fraction of sp³-hybridized carbons (Fsp3) is 0.0784. The first-order chi connectivity index (χ1) is 28.1. The van der Waals surface area contributed by atoms with E-state index in [0.717, 1.165) is 55.9 Å². The molecule has 7 heteroatoms. The lowest BCUT2D eigenvalue weighted by molar-refractivity contribution is 0.484. The molecule has 1 aromatic heterocycles. The Morgan fingerprint density at radius 1 is 0.362 bits per heavy atom. The molecule has 2 aliphatic rings. The highest BCUT2D eigenvalue weighted by Gasteiger charge is 2.41. The number of pyridine rings is 1. The Labute approximate surface area is 338 Å². The van der Waals surface area contributed by atoms with Crippen LogP contribution in [0.25, 0.3) is 33.6 Å². The predicted molar refractivity (Wildman–Crippen MR) is 238 cm³/mol. The summed E-state index contributed by atoms with van der Waals surface area (Å²) < 4.78 is 44.4. The zero-order valence-corrected chi connectivity index (χ0v) is 34.4. The van der Waals surface area contributed by atoms with Gasteiger partial charge in [-0.3, -0.25) is 0 Å². The Bertz CT molecular complexity index is 2790. The van der Waals surface area contributed by atoms with E-state index in [0.29, 0.717) is 54.8 Å². The molecule has 0 atom stereocenters. The molecule has 3 heterocycles. The van der Waals surface area contributed by atoms with Gasteiger partial charge in [0.25, 0.3) is 0 Å². The molecule has 2 aliphatic heterocycles. The van der Waals surface area contributed by atoms with E-state index in [2.05, 4.69) is 24.3 Å². The van der Waals surface area contributed by atoms with E-state index < -0.39 is 14.3 Å². The second-order valence-electron chi connectivity index (χ2n) is 15.4. The number of benzene rings is 7. The van der Waals surface area contributed by atoms with Gasteiger partial charge in [-0.2, -0.15) is 0 Å². The van der Waals surface area contributed by atoms with Gasteiger partial charge in [-0.1, -0.05) is 113 Å². The van der Waals surface area contributed by atoms with Gasteiger partial charge in [0.05, 0.1) is 32.6 Å². The maximum Gasteiger partial charge on any atom is 0.178 e. The summed E-state index contributed by atoms with van der Waals surface area (Å²) in [6, 6.07) is 54.0. The number of rotatable bonds is 5. The van der Waals surface area contributed by atoms with Crippen LogP contribution in [0.2, 0.25) is 0 Å². The number of aryl methyl sites for hydroxylation is 4. The standard InChI is InChI=1S/C51H39NO4P2/c1-32-16-20-44-48(24-32)57(53,49-25-33(2)17-21-45(49)55-44)40-14-8-12-37(28-40)42-30-39(36-10-6-5-7-11-36)31-43(52-42)38-13-9-15-41(29-38)58(54)50-26-34(3)18-22-46(50)56-47-23-19-35(4)27-51(47)58/h5-31H,1-4H3. The van der Waals surface area contributed by atoms with Crippen LogP contribution in [0.1, 0.15) is 22.3 Å². The highest BCUT2D eigenvalue weighted by atomic mass is 31.2. The van der Waals surface area contributed by atoms with Gasteiger partial charge >= 0.3 is 0 Å². The first-order valence-electron chi connectivity index (χ1n) is 19.4. The van der Waals surface area contributed by atoms with E-state index in [4.69, 9.17) is 14.5 Å². The number of hydrogen-bond donors (Lipinski definition) is 0. The van der Waals surface area contributed by atoms with Crippen LogP contribution in [0.15, 0.2) is 164 Å². The third kappa shape index (κ3) is 5.88. The molecule has 0 fully saturated rings. The summed E-state index contributed by atoms with van der Waals surface area (Å²) in [7, 11) is -6.74. The Hall–Kier alpha value is -6.25. The van der Waals surface area contributed by atoms with Crippen LogP contribution in [0.4, 0.5) is 0 Å². The smallest absolute Gasteiger partial charge is 0.178 e. The van der Waals surface area contributed by atoms with Crippen molar-refractivity contribution < 1.29 is 18.6 Å². The van der Waals surface area contributed by atoms with Crippen molar-refractivity contribution in [2.75, 3.05) is 0 Å². The van der Waals surface area contributed by atoms with Crippen LogP contribution >= 0.6 is 14.3 Å². The summed E-state index contributed by atoms with van der Waals surface area (Å²) in [5.74, 6) is 2.45. The molecule has 58 heavy (non-hydrogen) atoms. The van der Waals surface area contributed by atoms with E-state index in [9.17, 15) is 0 Å². The van der Waals surface area contributed by atoms with E-state index >= 15 is 9.13 Å². The first kappa shape index (κ1) is 36.1. The van der Waals surface area contributed by atoms with Crippen LogP contribution in [-0.4, -0.2) is 4.98 Å². The highest BCUT2D eigenvalue weighted by Crippen LogP contribution is 2.53. The minimum absolute atomic E-state index is 0.612. The normalized spacial score (nSPS) is 14.2. The SMILES string of the molecule is Cc1ccc2c(c1)P(=O)(c1cccc(-c3cc(-c4ccccc4)cc(-c4cccc(P5(=O)c6cc(C)ccc6Oc6ccc(C)cc65)c4)n3)c1)c1cc(C)ccc1O2. The molecule has 282 valence electrons. The minimum Gasteiger partial charge on any atom is -0.456 e. The van der Waals surface area contributed by atoms with Gasteiger partial charge in [0.15, 0.2) is 14.3 Å². The number of ether oxygens (including phenoxy) is 2. The van der Waals surface area contributed by atoms with Crippen molar-refractivity contribution in [2.24, 2.45) is 0 Å². The topological polar surface area (TPSA) is 65.5 Å². The lowest BCUT2D eigenvalue weighted by Gasteiger charge is -2.30. The van der Waals surface area contributed by atoms with Crippen molar-refractivity contribution >= 4 is 46.1 Å². The molecular formula is C51H39NO4P2. The van der Waals surface area contributed by atoms with Crippen LogP contribution in [-0.2, 0) is 9.13 Å². The fourth-order valence-electron chi connectivity index (χ4n) is 8.24. The van der Waals surface area contributed by atoms with Gasteiger partial charge in [0.2, 0.25) is 0 Å². The molecule has 0 unspecified atom stereocenters. The van der Waals surface area contributed by atoms with Gasteiger partial charge in [-0.05, 0) is 112 Å². The molecule has 0 aliphatic carbocycles. The summed E-state index contributed by atoms with van der Waals surface area (Å²) >= 11 is 0. The maximum atomic E-state index is 15.8. The molecule has 10 rings (SSSR count). The summed E-state index contributed by atoms with van der Waals surface area (Å²) in [6.45, 7) is 8.06. The molecule has 0 amide bonds. The maximum absolute atomic E-state index is 15.8. The van der Waals surface area contributed by atoms with Gasteiger partial charge < -0.3 is 18.6 Å². The Kier molecular flexibility index (Phi) is 8.53. The average molecular weight is 792 g/mol. The molecule has 7 aromatic carbocycles. The second-order valence-corrected chi connectivity index (χ2v) is 20.8. The van der Waals surface area contributed by atoms with Gasteiger partial charge in [-0.25, -0.2) is 4.98 Å². The molecule has 0 N–H and O–H groups in total. The third-order valence-corrected chi connectivity index (χ3v) is 17.3. The number of fused-ring (bicyclic) bond motifs is 4. The molecular weight excluding hydrogens is 753 g/mol. The predicted octanol–water partition coefficient (Wildman–Crippen LogP) is 10.8. The summed E-state index contributed by atoms with van der Waals surface area (Å²) in [4.78, 5) is 5.32. The largest absolute Gasteiger partial charge is 0.456 e. The van der Waals surface area contributed by atoms with E-state index in [-0.39, 0.29) is 0 Å². The number of hydrogen-bond acceptors (Lipinski definition) is 5. The summed E-state index contributed by atoms with van der Waals surface area (Å²) in [5.41, 5.74) is 9.21. The van der Waals surface area contributed by atoms with E-state index in [1.165, 1.54) is 0 Å². The number of aromatic nitrogens is 1. The van der Waals surface area contributed by atoms with E-state index in [1.54, 1.807) is 0 Å². The molecule has 0 spiro atoms. The lowest BCUT2D eigenvalue weighted by atomic mass is 10.00. The van der Waals surface area contributed by atoms with Crippen molar-refractivity contribution in [3.63, 3.8) is 0 Å². The van der Waals surface area contributed by atoms with Crippen molar-refractivity contribution in [3.8, 4) is 56.6 Å². The van der Waals surface area contributed by atoms with Gasteiger partial charge in [0.1, 0.15) is 23.0 Å². The lowest BCUT2D eigenvalue weighted by Crippen LogP contribution is -2.31.